The molecule has 0 unspecified atom stereocenters. The van der Waals surface area contributed by atoms with Crippen molar-refractivity contribution in [1.82, 2.24) is 14.9 Å². The van der Waals surface area contributed by atoms with Gasteiger partial charge in [0.25, 0.3) is 5.56 Å². The molecule has 1 aliphatic rings. The molecule has 0 saturated carbocycles. The Hall–Kier alpha value is -4.92. The van der Waals surface area contributed by atoms with E-state index in [-0.39, 0.29) is 28.9 Å². The van der Waals surface area contributed by atoms with Gasteiger partial charge in [0.1, 0.15) is 23.7 Å². The average molecular weight is 592 g/mol. The number of benzene rings is 2. The fraction of sp³-hybridized carbons (Fsp3) is 0.387. The number of hydrogen-bond donors (Lipinski definition) is 1. The van der Waals surface area contributed by atoms with Crippen molar-refractivity contribution in [1.29, 1.82) is 0 Å². The van der Waals surface area contributed by atoms with Gasteiger partial charge in [-0.15, -0.1) is 0 Å². The number of alkyl carbamates (subject to hydrolysis) is 1. The lowest BCUT2D eigenvalue weighted by Gasteiger charge is -2.34. The molecule has 43 heavy (non-hydrogen) atoms. The molecular formula is C31H34FN5O6. The number of amides is 1. The maximum atomic E-state index is 14.8. The molecule has 1 aliphatic heterocycles. The van der Waals surface area contributed by atoms with Crippen molar-refractivity contribution in [3.05, 3.63) is 70.1 Å². The fourth-order valence-corrected chi connectivity index (χ4v) is 4.79. The number of nitrogens with zero attached hydrogens (tertiary/aromatic N) is 4. The minimum atomic E-state index is -0.746. The van der Waals surface area contributed by atoms with Gasteiger partial charge in [-0.2, -0.15) is 0 Å². The van der Waals surface area contributed by atoms with E-state index in [2.05, 4.69) is 10.2 Å². The molecule has 0 radical (unpaired) electrons. The monoisotopic (exact) mass is 591 g/mol. The Kier molecular flexibility index (Phi) is 9.34. The van der Waals surface area contributed by atoms with Gasteiger partial charge >= 0.3 is 12.1 Å². The first-order valence-electron chi connectivity index (χ1n) is 13.7. The molecule has 1 amide bonds. The number of aromatic nitrogens is 2. The van der Waals surface area contributed by atoms with Crippen LogP contribution in [0.5, 0.6) is 5.75 Å². The lowest BCUT2D eigenvalue weighted by atomic mass is 9.99. The number of hydrogen-bond acceptors (Lipinski definition) is 8. The highest BCUT2D eigenvalue weighted by atomic mass is 19.1. The van der Waals surface area contributed by atoms with Crippen LogP contribution in [0.4, 0.5) is 20.8 Å². The summed E-state index contributed by atoms with van der Waals surface area (Å²) in [5, 5.41) is 2.88. The molecule has 0 aliphatic carbocycles. The van der Waals surface area contributed by atoms with Crippen LogP contribution in [-0.4, -0.2) is 60.6 Å². The highest BCUT2D eigenvalue weighted by molar-refractivity contribution is 5.82. The predicted molar refractivity (Wildman–Crippen MR) is 159 cm³/mol. The van der Waals surface area contributed by atoms with Crippen molar-refractivity contribution in [3.63, 3.8) is 0 Å². The van der Waals surface area contributed by atoms with Gasteiger partial charge < -0.3 is 24.4 Å². The standard InChI is InChI=1S/C31H34FN5O6/c1-31(2,3)43-30(40)34-21-13-15-36(16-14-21)29-35-27(20-9-12-24(33-4)23(32)17-20)26(19-7-10-22(41-5)11-8-19)28(39)37(29)18-25(38)42-6/h7-12,17,21H,13-16,18H2,1-3,5-6H3,(H,34,40). The molecule has 2 aromatic carbocycles. The number of rotatable bonds is 7. The largest absolute Gasteiger partial charge is 0.497 e. The summed E-state index contributed by atoms with van der Waals surface area (Å²) >= 11 is 0. The zero-order valence-corrected chi connectivity index (χ0v) is 24.8. The fourth-order valence-electron chi connectivity index (χ4n) is 4.79. The first-order chi connectivity index (χ1) is 20.4. The van der Waals surface area contributed by atoms with E-state index >= 15 is 0 Å². The molecule has 1 saturated heterocycles. The third kappa shape index (κ3) is 7.30. The third-order valence-electron chi connectivity index (χ3n) is 6.88. The predicted octanol–water partition coefficient (Wildman–Crippen LogP) is 4.94. The molecule has 0 atom stereocenters. The summed E-state index contributed by atoms with van der Waals surface area (Å²) in [7, 11) is 2.75. The topological polar surface area (TPSA) is 116 Å². The van der Waals surface area contributed by atoms with Crippen LogP contribution < -0.4 is 20.5 Å². The molecule has 11 nitrogen and oxygen atoms in total. The molecule has 3 aromatic rings. The minimum Gasteiger partial charge on any atom is -0.497 e. The molecule has 4 rings (SSSR count). The van der Waals surface area contributed by atoms with E-state index in [0.717, 1.165) is 0 Å². The quantitative estimate of drug-likeness (QED) is 0.303. The lowest BCUT2D eigenvalue weighted by Crippen LogP contribution is -2.47. The highest BCUT2D eigenvalue weighted by Crippen LogP contribution is 2.33. The molecule has 1 N–H and O–H groups in total. The van der Waals surface area contributed by atoms with Crippen molar-refractivity contribution in [3.8, 4) is 28.1 Å². The van der Waals surface area contributed by atoms with Crippen LogP contribution in [0.2, 0.25) is 0 Å². The van der Waals surface area contributed by atoms with Gasteiger partial charge in [0.05, 0.1) is 32.0 Å². The van der Waals surface area contributed by atoms with E-state index in [1.807, 2.05) is 4.90 Å². The second-order valence-corrected chi connectivity index (χ2v) is 11.0. The number of anilines is 1. The Morgan fingerprint density at radius 1 is 1.09 bits per heavy atom. The molecule has 1 aromatic heterocycles. The lowest BCUT2D eigenvalue weighted by molar-refractivity contribution is -0.141. The summed E-state index contributed by atoms with van der Waals surface area (Å²) < 4.78 is 31.6. The molecule has 12 heteroatoms. The van der Waals surface area contributed by atoms with E-state index in [9.17, 15) is 18.8 Å². The van der Waals surface area contributed by atoms with E-state index in [0.29, 0.717) is 42.8 Å². The maximum absolute atomic E-state index is 14.8. The SMILES string of the molecule is [C-]#[N+]c1ccc(-c2nc(N3CCC(NC(=O)OC(C)(C)C)CC3)n(CC(=O)OC)c(=O)c2-c2ccc(OC)cc2)cc1F. The Labute approximate surface area is 249 Å². The van der Waals surface area contributed by atoms with E-state index < -0.39 is 35.6 Å². The summed E-state index contributed by atoms with van der Waals surface area (Å²) in [5.74, 6) is -0.620. The number of methoxy groups -OCH3 is 2. The van der Waals surface area contributed by atoms with Crippen molar-refractivity contribution in [2.75, 3.05) is 32.2 Å². The van der Waals surface area contributed by atoms with Crippen molar-refractivity contribution >= 4 is 23.7 Å². The Bertz CT molecular complexity index is 1600. The van der Waals surface area contributed by atoms with E-state index in [4.69, 9.17) is 25.8 Å². The Morgan fingerprint density at radius 2 is 1.74 bits per heavy atom. The van der Waals surface area contributed by atoms with Crippen LogP contribution in [-0.2, 0) is 20.8 Å². The van der Waals surface area contributed by atoms with Crippen LogP contribution in [0.3, 0.4) is 0 Å². The zero-order valence-electron chi connectivity index (χ0n) is 24.8. The number of piperidine rings is 1. The maximum Gasteiger partial charge on any atom is 0.407 e. The summed E-state index contributed by atoms with van der Waals surface area (Å²) in [6.45, 7) is 13.0. The van der Waals surface area contributed by atoms with Gasteiger partial charge in [-0.25, -0.2) is 19.0 Å². The van der Waals surface area contributed by atoms with Crippen molar-refractivity contribution in [2.24, 2.45) is 0 Å². The number of carbonyl (C=O) groups is 2. The minimum absolute atomic E-state index is 0.145. The van der Waals surface area contributed by atoms with E-state index in [1.165, 1.54) is 37.0 Å². The van der Waals surface area contributed by atoms with Gasteiger partial charge in [0.2, 0.25) is 11.6 Å². The van der Waals surface area contributed by atoms with Crippen LogP contribution >= 0.6 is 0 Å². The Balaban J connectivity index is 1.81. The van der Waals surface area contributed by atoms with Crippen LogP contribution in [0.25, 0.3) is 27.2 Å². The summed E-state index contributed by atoms with van der Waals surface area (Å²) in [5.41, 5.74) is -0.211. The van der Waals surface area contributed by atoms with Crippen molar-refractivity contribution < 1.29 is 28.2 Å². The smallest absolute Gasteiger partial charge is 0.407 e. The summed E-state index contributed by atoms with van der Waals surface area (Å²) in [6, 6.07) is 10.6. The van der Waals surface area contributed by atoms with Crippen LogP contribution in [0.1, 0.15) is 33.6 Å². The number of nitrogens with one attached hydrogen (secondary N) is 1. The average Bonchev–Trinajstić information content (AvgIpc) is 2.97. The number of carbonyl (C=O) groups excluding carboxylic acids is 2. The molecule has 2 heterocycles. The van der Waals surface area contributed by atoms with E-state index in [1.54, 1.807) is 45.0 Å². The number of esters is 1. The normalized spacial score (nSPS) is 13.7. The van der Waals surface area contributed by atoms with Crippen LogP contribution in [0.15, 0.2) is 47.3 Å². The first-order valence-corrected chi connectivity index (χ1v) is 13.7. The second-order valence-electron chi connectivity index (χ2n) is 11.0. The van der Waals surface area contributed by atoms with Gasteiger partial charge in [-0.05, 0) is 57.4 Å². The number of ether oxygens (including phenoxy) is 3. The molecule has 226 valence electrons. The molecule has 0 spiro atoms. The van der Waals surface area contributed by atoms with Gasteiger partial charge in [-0.3, -0.25) is 14.2 Å². The summed E-state index contributed by atoms with van der Waals surface area (Å²) in [6.07, 6.45) is 0.539. The third-order valence-corrected chi connectivity index (χ3v) is 6.88. The van der Waals surface area contributed by atoms with Crippen LogP contribution in [0, 0.1) is 12.4 Å². The molecule has 1 fully saturated rings. The number of halogens is 1. The molecular weight excluding hydrogens is 557 g/mol. The second kappa shape index (κ2) is 12.9. The Morgan fingerprint density at radius 3 is 2.30 bits per heavy atom. The van der Waals surface area contributed by atoms with Crippen molar-refractivity contribution in [2.45, 2.75) is 51.8 Å². The first kappa shape index (κ1) is 31.0. The van der Waals surface area contributed by atoms with Gasteiger partial charge in [-0.1, -0.05) is 24.3 Å². The highest BCUT2D eigenvalue weighted by Gasteiger charge is 2.29. The molecule has 0 bridgehead atoms. The van der Waals surface area contributed by atoms with Gasteiger partial charge in [0.15, 0.2) is 0 Å². The summed E-state index contributed by atoms with van der Waals surface area (Å²) in [4.78, 5) is 48.9. The zero-order chi connectivity index (χ0) is 31.3. The van der Waals surface area contributed by atoms with Gasteiger partial charge in [0, 0.05) is 24.7 Å².